The number of hydrogen-bond acceptors (Lipinski definition) is 4. The van der Waals surface area contributed by atoms with Crippen LogP contribution in [0, 0.1) is 12.8 Å². The van der Waals surface area contributed by atoms with E-state index in [1.165, 1.54) is 43.8 Å². The van der Waals surface area contributed by atoms with Gasteiger partial charge in [0.15, 0.2) is 5.96 Å². The molecule has 2 aliphatic rings. The van der Waals surface area contributed by atoms with Gasteiger partial charge in [-0.3, -0.25) is 0 Å². The molecule has 1 N–H and O–H groups in total. The molecule has 0 bridgehead atoms. The Bertz CT molecular complexity index is 521. The van der Waals surface area contributed by atoms with Crippen molar-refractivity contribution in [3.8, 4) is 0 Å². The molecule has 23 heavy (non-hydrogen) atoms. The van der Waals surface area contributed by atoms with Gasteiger partial charge in [0, 0.05) is 37.3 Å². The molecule has 0 aliphatic carbocycles. The number of nitrogens with zero attached hydrogens (tertiary/aromatic N) is 4. The maximum atomic E-state index is 4.81. The molecule has 0 spiro atoms. The first-order valence-corrected chi connectivity index (χ1v) is 9.73. The van der Waals surface area contributed by atoms with Gasteiger partial charge in [-0.2, -0.15) is 0 Å². The molecule has 1 atom stereocenters. The SMILES string of the molecule is CCNC(=NCc1ncc(C)s1)N1CCC(CN2CCCC2)C1. The second-order valence-electron chi connectivity index (χ2n) is 6.64. The molecule has 3 heterocycles. The normalized spacial score (nSPS) is 23.0. The molecule has 0 aromatic carbocycles. The van der Waals surface area contributed by atoms with Crippen LogP contribution in [0.1, 0.15) is 36.1 Å². The number of likely N-dealkylation sites (tertiary alicyclic amines) is 2. The first-order chi connectivity index (χ1) is 11.2. The van der Waals surface area contributed by atoms with Crippen LogP contribution >= 0.6 is 11.3 Å². The number of nitrogens with one attached hydrogen (secondary N) is 1. The van der Waals surface area contributed by atoms with Crippen LogP contribution in [0.4, 0.5) is 0 Å². The molecule has 5 nitrogen and oxygen atoms in total. The van der Waals surface area contributed by atoms with Crippen LogP contribution in [-0.2, 0) is 6.54 Å². The Morgan fingerprint density at radius 1 is 1.39 bits per heavy atom. The monoisotopic (exact) mass is 335 g/mol. The van der Waals surface area contributed by atoms with Crippen molar-refractivity contribution in [2.75, 3.05) is 39.3 Å². The maximum Gasteiger partial charge on any atom is 0.194 e. The minimum absolute atomic E-state index is 0.689. The standard InChI is InChI=1S/C17H29N5S/c1-3-18-17(20-11-16-19-10-14(2)23-16)22-9-6-15(13-22)12-21-7-4-5-8-21/h10,15H,3-9,11-13H2,1-2H3,(H,18,20). The number of aromatic nitrogens is 1. The molecule has 2 saturated heterocycles. The van der Waals surface area contributed by atoms with E-state index in [0.717, 1.165) is 36.5 Å². The first kappa shape index (κ1) is 16.7. The minimum Gasteiger partial charge on any atom is -0.357 e. The van der Waals surface area contributed by atoms with Crippen molar-refractivity contribution >= 4 is 17.3 Å². The molecular formula is C17H29N5S. The largest absolute Gasteiger partial charge is 0.357 e. The van der Waals surface area contributed by atoms with Crippen molar-refractivity contribution < 1.29 is 0 Å². The van der Waals surface area contributed by atoms with E-state index in [1.54, 1.807) is 11.3 Å². The Morgan fingerprint density at radius 2 is 2.22 bits per heavy atom. The molecule has 2 aliphatic heterocycles. The van der Waals surface area contributed by atoms with E-state index in [9.17, 15) is 0 Å². The molecule has 1 aromatic heterocycles. The van der Waals surface area contributed by atoms with Crippen LogP contribution < -0.4 is 5.32 Å². The predicted octanol–water partition coefficient (Wildman–Crippen LogP) is 2.33. The van der Waals surface area contributed by atoms with Gasteiger partial charge < -0.3 is 15.1 Å². The van der Waals surface area contributed by atoms with E-state index in [1.807, 2.05) is 6.20 Å². The van der Waals surface area contributed by atoms with Gasteiger partial charge in [-0.05, 0) is 52.1 Å². The average molecular weight is 336 g/mol. The fraction of sp³-hybridized carbons (Fsp3) is 0.765. The summed E-state index contributed by atoms with van der Waals surface area (Å²) in [6.45, 7) is 12.0. The number of thiazole rings is 1. The summed E-state index contributed by atoms with van der Waals surface area (Å²) in [5.74, 6) is 1.85. The van der Waals surface area contributed by atoms with Gasteiger partial charge in [0.1, 0.15) is 5.01 Å². The van der Waals surface area contributed by atoms with Gasteiger partial charge in [0.05, 0.1) is 6.54 Å². The topological polar surface area (TPSA) is 43.8 Å². The van der Waals surface area contributed by atoms with Gasteiger partial charge in [-0.15, -0.1) is 11.3 Å². The van der Waals surface area contributed by atoms with E-state index < -0.39 is 0 Å². The third-order valence-electron chi connectivity index (χ3n) is 4.67. The van der Waals surface area contributed by atoms with Crippen molar-refractivity contribution in [1.29, 1.82) is 0 Å². The molecule has 3 rings (SSSR count). The van der Waals surface area contributed by atoms with Crippen LogP contribution in [0.2, 0.25) is 0 Å². The number of rotatable bonds is 5. The predicted molar refractivity (Wildman–Crippen MR) is 97.0 cm³/mol. The summed E-state index contributed by atoms with van der Waals surface area (Å²) in [5.41, 5.74) is 0. The van der Waals surface area contributed by atoms with E-state index in [2.05, 4.69) is 33.9 Å². The van der Waals surface area contributed by atoms with Crippen LogP contribution in [0.15, 0.2) is 11.2 Å². The van der Waals surface area contributed by atoms with Crippen molar-refractivity contribution in [1.82, 2.24) is 20.1 Å². The smallest absolute Gasteiger partial charge is 0.194 e. The molecule has 0 radical (unpaired) electrons. The van der Waals surface area contributed by atoms with Gasteiger partial charge >= 0.3 is 0 Å². The molecule has 0 amide bonds. The summed E-state index contributed by atoms with van der Waals surface area (Å²) < 4.78 is 0. The summed E-state index contributed by atoms with van der Waals surface area (Å²) in [4.78, 5) is 15.6. The summed E-state index contributed by atoms with van der Waals surface area (Å²) in [7, 11) is 0. The van der Waals surface area contributed by atoms with Gasteiger partial charge in [0.2, 0.25) is 0 Å². The lowest BCUT2D eigenvalue weighted by molar-refractivity contribution is 0.281. The van der Waals surface area contributed by atoms with Gasteiger partial charge in [-0.1, -0.05) is 0 Å². The fourth-order valence-corrected chi connectivity index (χ4v) is 4.26. The highest BCUT2D eigenvalue weighted by atomic mass is 32.1. The molecule has 1 unspecified atom stereocenters. The van der Waals surface area contributed by atoms with Gasteiger partial charge in [0.25, 0.3) is 0 Å². The van der Waals surface area contributed by atoms with E-state index in [-0.39, 0.29) is 0 Å². The number of hydrogen-bond donors (Lipinski definition) is 1. The lowest BCUT2D eigenvalue weighted by Crippen LogP contribution is -2.40. The molecule has 128 valence electrons. The van der Waals surface area contributed by atoms with E-state index >= 15 is 0 Å². The Labute approximate surface area is 143 Å². The lowest BCUT2D eigenvalue weighted by atomic mass is 10.1. The summed E-state index contributed by atoms with van der Waals surface area (Å²) in [6.07, 6.45) is 5.99. The summed E-state index contributed by atoms with van der Waals surface area (Å²) in [5, 5.41) is 4.56. The van der Waals surface area contributed by atoms with E-state index in [4.69, 9.17) is 4.99 Å². The zero-order valence-electron chi connectivity index (χ0n) is 14.4. The third kappa shape index (κ3) is 4.67. The Hall–Kier alpha value is -1.14. The summed E-state index contributed by atoms with van der Waals surface area (Å²) in [6, 6.07) is 0. The van der Waals surface area contributed by atoms with Crippen molar-refractivity contribution in [3.63, 3.8) is 0 Å². The average Bonchev–Trinajstić information content (AvgIpc) is 3.27. The molecule has 6 heteroatoms. The molecule has 0 saturated carbocycles. The Kier molecular flexibility index (Phi) is 5.89. The van der Waals surface area contributed by atoms with Crippen LogP contribution in [0.5, 0.6) is 0 Å². The highest BCUT2D eigenvalue weighted by Gasteiger charge is 2.27. The second kappa shape index (κ2) is 8.11. The van der Waals surface area contributed by atoms with Crippen LogP contribution in [0.3, 0.4) is 0 Å². The zero-order valence-corrected chi connectivity index (χ0v) is 15.2. The summed E-state index contributed by atoms with van der Waals surface area (Å²) >= 11 is 1.74. The number of guanidine groups is 1. The number of aryl methyl sites for hydroxylation is 1. The van der Waals surface area contributed by atoms with Crippen molar-refractivity contribution in [2.45, 2.75) is 39.7 Å². The highest BCUT2D eigenvalue weighted by Crippen LogP contribution is 2.20. The van der Waals surface area contributed by atoms with E-state index in [0.29, 0.717) is 6.54 Å². The second-order valence-corrected chi connectivity index (χ2v) is 7.96. The third-order valence-corrected chi connectivity index (χ3v) is 5.57. The highest BCUT2D eigenvalue weighted by molar-refractivity contribution is 7.11. The Morgan fingerprint density at radius 3 is 2.91 bits per heavy atom. The van der Waals surface area contributed by atoms with Crippen LogP contribution in [0.25, 0.3) is 0 Å². The number of aliphatic imine (C=N–C) groups is 1. The van der Waals surface area contributed by atoms with Crippen molar-refractivity contribution in [3.05, 3.63) is 16.1 Å². The first-order valence-electron chi connectivity index (χ1n) is 8.91. The quantitative estimate of drug-likeness (QED) is 0.662. The minimum atomic E-state index is 0.689. The fourth-order valence-electron chi connectivity index (χ4n) is 3.55. The molecular weight excluding hydrogens is 306 g/mol. The maximum absolute atomic E-state index is 4.81. The molecule has 1 aromatic rings. The van der Waals surface area contributed by atoms with Crippen LogP contribution in [-0.4, -0.2) is 60.0 Å². The van der Waals surface area contributed by atoms with Crippen molar-refractivity contribution in [2.24, 2.45) is 10.9 Å². The zero-order chi connectivity index (χ0) is 16.1. The molecule has 2 fully saturated rings. The van der Waals surface area contributed by atoms with Gasteiger partial charge in [-0.25, -0.2) is 9.98 Å². The Balaban J connectivity index is 1.55. The lowest BCUT2D eigenvalue weighted by Gasteiger charge is -2.23.